The highest BCUT2D eigenvalue weighted by Crippen LogP contribution is 2.50. The minimum Gasteiger partial charge on any atom is -0.492 e. The normalized spacial score (nSPS) is 18.2. The highest BCUT2D eigenvalue weighted by molar-refractivity contribution is 6.30. The molecule has 1 amide bonds. The summed E-state index contributed by atoms with van der Waals surface area (Å²) in [7, 11) is 3.68. The van der Waals surface area contributed by atoms with Crippen molar-refractivity contribution < 1.29 is 19.0 Å². The Labute approximate surface area is 248 Å². The van der Waals surface area contributed by atoms with Crippen molar-refractivity contribution in [1.29, 1.82) is 0 Å². The Kier molecular flexibility index (Phi) is 6.83. The van der Waals surface area contributed by atoms with E-state index < -0.39 is 0 Å². The lowest BCUT2D eigenvalue weighted by molar-refractivity contribution is 0.0746. The lowest BCUT2D eigenvalue weighted by Crippen LogP contribution is -2.48. The largest absolute Gasteiger partial charge is 0.492 e. The molecule has 3 aromatic carbocycles. The summed E-state index contributed by atoms with van der Waals surface area (Å²) in [6.07, 6.45) is 0.825. The van der Waals surface area contributed by atoms with Gasteiger partial charge in [-0.1, -0.05) is 23.7 Å². The third-order valence-corrected chi connectivity index (χ3v) is 8.45. The maximum Gasteiger partial charge on any atom is 0.254 e. The maximum atomic E-state index is 13.6. The Morgan fingerprint density at radius 2 is 1.81 bits per heavy atom. The number of anilines is 1. The molecule has 12 heteroatoms. The quantitative estimate of drug-likeness (QED) is 0.347. The SMILES string of the molecule is COc1c2c(cc3c1C(c1nnnn1-c1cccc(C(=O)N4CCN(c5cccc(Cl)c5)CC4)c1)N(C)CC3)OCO2. The Morgan fingerprint density at radius 3 is 2.62 bits per heavy atom. The van der Waals surface area contributed by atoms with E-state index in [1.807, 2.05) is 66.5 Å². The van der Waals surface area contributed by atoms with E-state index in [9.17, 15) is 4.79 Å². The summed E-state index contributed by atoms with van der Waals surface area (Å²) in [5.74, 6) is 2.51. The second-order valence-corrected chi connectivity index (χ2v) is 11.0. The zero-order valence-electron chi connectivity index (χ0n) is 23.4. The zero-order valence-corrected chi connectivity index (χ0v) is 24.1. The molecule has 0 bridgehead atoms. The lowest BCUT2D eigenvalue weighted by Gasteiger charge is -2.36. The number of methoxy groups -OCH3 is 1. The van der Waals surface area contributed by atoms with Crippen molar-refractivity contribution in [3.63, 3.8) is 0 Å². The number of halogens is 1. The number of hydrogen-bond donors (Lipinski definition) is 0. The van der Waals surface area contributed by atoms with Gasteiger partial charge in [0.2, 0.25) is 12.5 Å². The summed E-state index contributed by atoms with van der Waals surface area (Å²) >= 11 is 6.18. The van der Waals surface area contributed by atoms with E-state index in [0.29, 0.717) is 52.4 Å². The van der Waals surface area contributed by atoms with Gasteiger partial charge in [0.25, 0.3) is 5.91 Å². The second-order valence-electron chi connectivity index (χ2n) is 10.6. The molecule has 0 radical (unpaired) electrons. The minimum atomic E-state index is -0.299. The number of nitrogens with zero attached hydrogens (tertiary/aromatic N) is 7. The molecule has 0 saturated carbocycles. The van der Waals surface area contributed by atoms with Crippen LogP contribution in [0.2, 0.25) is 5.02 Å². The molecule has 0 aliphatic carbocycles. The van der Waals surface area contributed by atoms with Crippen molar-refractivity contribution in [3.05, 3.63) is 82.1 Å². The van der Waals surface area contributed by atoms with Crippen molar-refractivity contribution in [2.24, 2.45) is 0 Å². The van der Waals surface area contributed by atoms with Crippen LogP contribution in [0.25, 0.3) is 5.69 Å². The van der Waals surface area contributed by atoms with Crippen LogP contribution in [0.4, 0.5) is 5.69 Å². The average Bonchev–Trinajstić information content (AvgIpc) is 3.70. The fourth-order valence-corrected chi connectivity index (χ4v) is 6.29. The van der Waals surface area contributed by atoms with Crippen LogP contribution in [0.1, 0.15) is 33.4 Å². The highest BCUT2D eigenvalue weighted by Gasteiger charge is 2.38. The Hall–Kier alpha value is -4.35. The van der Waals surface area contributed by atoms with Gasteiger partial charge in [0, 0.05) is 54.6 Å². The van der Waals surface area contributed by atoms with Crippen LogP contribution in [-0.2, 0) is 6.42 Å². The Balaban J connectivity index is 1.16. The summed E-state index contributed by atoms with van der Waals surface area (Å²) in [6.45, 7) is 3.65. The van der Waals surface area contributed by atoms with Crippen LogP contribution >= 0.6 is 11.6 Å². The van der Waals surface area contributed by atoms with Crippen LogP contribution in [0.3, 0.4) is 0 Å². The number of tetrazole rings is 1. The Morgan fingerprint density at radius 1 is 1.00 bits per heavy atom. The van der Waals surface area contributed by atoms with Crippen molar-refractivity contribution in [1.82, 2.24) is 30.0 Å². The number of likely N-dealkylation sites (N-methyl/N-ethyl adjacent to an activating group) is 1. The minimum absolute atomic E-state index is 0.0215. The number of benzene rings is 3. The van der Waals surface area contributed by atoms with Gasteiger partial charge < -0.3 is 24.0 Å². The van der Waals surface area contributed by atoms with E-state index in [0.717, 1.165) is 42.9 Å². The van der Waals surface area contributed by atoms with Gasteiger partial charge in [0.1, 0.15) is 6.04 Å². The molecule has 0 spiro atoms. The molecule has 0 N–H and O–H groups in total. The molecule has 1 atom stereocenters. The fourth-order valence-electron chi connectivity index (χ4n) is 6.10. The molecule has 42 heavy (non-hydrogen) atoms. The first-order valence-electron chi connectivity index (χ1n) is 13.9. The number of ether oxygens (including phenoxy) is 3. The molecule has 1 aromatic heterocycles. The molecule has 3 aliphatic heterocycles. The summed E-state index contributed by atoms with van der Waals surface area (Å²) in [5, 5.41) is 13.6. The van der Waals surface area contributed by atoms with Gasteiger partial charge in [-0.15, -0.1) is 5.10 Å². The zero-order chi connectivity index (χ0) is 28.8. The van der Waals surface area contributed by atoms with E-state index >= 15 is 0 Å². The van der Waals surface area contributed by atoms with Crippen LogP contribution in [-0.4, -0.2) is 89.6 Å². The van der Waals surface area contributed by atoms with Gasteiger partial charge in [-0.2, -0.15) is 4.68 Å². The maximum absolute atomic E-state index is 13.6. The van der Waals surface area contributed by atoms with Crippen LogP contribution in [0.15, 0.2) is 54.6 Å². The van der Waals surface area contributed by atoms with Crippen molar-refractivity contribution in [3.8, 4) is 22.9 Å². The molecule has 216 valence electrons. The predicted molar refractivity (Wildman–Crippen MR) is 156 cm³/mol. The van der Waals surface area contributed by atoms with E-state index in [2.05, 4.69) is 25.3 Å². The van der Waals surface area contributed by atoms with Gasteiger partial charge >= 0.3 is 0 Å². The molecule has 1 fully saturated rings. The number of aromatic nitrogens is 4. The molecular weight excluding hydrogens is 558 g/mol. The first-order chi connectivity index (χ1) is 20.5. The number of fused-ring (bicyclic) bond motifs is 2. The molecule has 11 nitrogen and oxygen atoms in total. The van der Waals surface area contributed by atoms with Crippen LogP contribution in [0.5, 0.6) is 17.2 Å². The van der Waals surface area contributed by atoms with Gasteiger partial charge in [0.15, 0.2) is 17.3 Å². The van der Waals surface area contributed by atoms with Crippen LogP contribution in [0, 0.1) is 0 Å². The van der Waals surface area contributed by atoms with E-state index in [1.165, 1.54) is 0 Å². The fraction of sp³-hybridized carbons (Fsp3) is 0.333. The van der Waals surface area contributed by atoms with E-state index in [1.54, 1.807) is 11.8 Å². The standard InChI is InChI=1S/C30H30ClN7O4/c1-35-10-9-19-16-24-27(42-18-41-24)28(40-2)25(19)26(35)29-32-33-34-38(29)23-8-3-5-20(15-23)30(39)37-13-11-36(12-14-37)22-7-4-6-21(31)17-22/h3-8,15-17,26H,9-14,18H2,1-2H3. The molecule has 4 heterocycles. The summed E-state index contributed by atoms with van der Waals surface area (Å²) in [6, 6.07) is 17.0. The van der Waals surface area contributed by atoms with Gasteiger partial charge in [-0.25, -0.2) is 0 Å². The molecule has 4 aromatic rings. The number of piperazine rings is 1. The van der Waals surface area contributed by atoms with Gasteiger partial charge in [0.05, 0.1) is 12.8 Å². The number of carbonyl (C=O) groups excluding carboxylic acids is 1. The number of amides is 1. The average molecular weight is 588 g/mol. The molecular formula is C30H30ClN7O4. The van der Waals surface area contributed by atoms with Gasteiger partial charge in [-0.05, 0) is 71.9 Å². The second kappa shape index (κ2) is 10.8. The molecule has 7 rings (SSSR count). The van der Waals surface area contributed by atoms with Crippen molar-refractivity contribution >= 4 is 23.2 Å². The number of rotatable bonds is 5. The third-order valence-electron chi connectivity index (χ3n) is 8.21. The third kappa shape index (κ3) is 4.58. The van der Waals surface area contributed by atoms with Crippen molar-refractivity contribution in [2.45, 2.75) is 12.5 Å². The smallest absolute Gasteiger partial charge is 0.254 e. The summed E-state index contributed by atoms with van der Waals surface area (Å²) in [4.78, 5) is 19.9. The monoisotopic (exact) mass is 587 g/mol. The first kappa shape index (κ1) is 26.5. The molecule has 1 saturated heterocycles. The topological polar surface area (TPSA) is 98.1 Å². The number of hydrogen-bond acceptors (Lipinski definition) is 9. The van der Waals surface area contributed by atoms with Crippen LogP contribution < -0.4 is 19.1 Å². The summed E-state index contributed by atoms with van der Waals surface area (Å²) < 4.78 is 19.0. The summed E-state index contributed by atoms with van der Waals surface area (Å²) in [5.41, 5.74) is 4.42. The van der Waals surface area contributed by atoms with E-state index in [4.69, 9.17) is 25.8 Å². The first-order valence-corrected chi connectivity index (χ1v) is 14.3. The van der Waals surface area contributed by atoms with E-state index in [-0.39, 0.29) is 18.7 Å². The lowest BCUT2D eigenvalue weighted by atomic mass is 9.90. The predicted octanol–water partition coefficient (Wildman–Crippen LogP) is 3.59. The number of carbonyl (C=O) groups is 1. The molecule has 1 unspecified atom stereocenters. The Bertz CT molecular complexity index is 1650. The highest BCUT2D eigenvalue weighted by atomic mass is 35.5. The van der Waals surface area contributed by atoms with Gasteiger partial charge in [-0.3, -0.25) is 9.69 Å². The van der Waals surface area contributed by atoms with Crippen molar-refractivity contribution in [2.75, 3.05) is 58.6 Å². The molecule has 3 aliphatic rings.